The predicted molar refractivity (Wildman–Crippen MR) is 153 cm³/mol. The molecule has 7 heteroatoms. The zero-order chi connectivity index (χ0) is 25.9. The van der Waals surface area contributed by atoms with Crippen molar-refractivity contribution in [1.29, 1.82) is 0 Å². The molecule has 0 aliphatic carbocycles. The van der Waals surface area contributed by atoms with E-state index < -0.39 is 0 Å². The summed E-state index contributed by atoms with van der Waals surface area (Å²) in [6.45, 7) is 12.9. The summed E-state index contributed by atoms with van der Waals surface area (Å²) >= 11 is 12.8. The van der Waals surface area contributed by atoms with E-state index in [1.165, 1.54) is 5.56 Å². The van der Waals surface area contributed by atoms with Crippen LogP contribution in [0.25, 0.3) is 0 Å². The Morgan fingerprint density at radius 1 is 0.972 bits per heavy atom. The quantitative estimate of drug-likeness (QED) is 0.169. The first-order valence-corrected chi connectivity index (χ1v) is 13.0. The van der Waals surface area contributed by atoms with E-state index in [9.17, 15) is 0 Å². The fourth-order valence-corrected chi connectivity index (χ4v) is 4.39. The average molecular weight is 525 g/mol. The summed E-state index contributed by atoms with van der Waals surface area (Å²) in [6.07, 6.45) is 4.28. The van der Waals surface area contributed by atoms with E-state index in [4.69, 9.17) is 33.2 Å². The van der Waals surface area contributed by atoms with Crippen LogP contribution in [0, 0.1) is 6.92 Å². The summed E-state index contributed by atoms with van der Waals surface area (Å²) in [6, 6.07) is 15.9. The number of benzene rings is 2. The normalized spacial score (nSPS) is 11.4. The highest BCUT2D eigenvalue weighted by molar-refractivity contribution is 6.36. The Kier molecular flexibility index (Phi) is 10.8. The van der Waals surface area contributed by atoms with E-state index >= 15 is 0 Å². The maximum atomic E-state index is 6.42. The maximum Gasteiger partial charge on any atom is 0.137 e. The topological polar surface area (TPSA) is 61.9 Å². The molecule has 1 heterocycles. The number of nitrogens with one attached hydrogen (secondary N) is 3. The fraction of sp³-hybridized carbons (Fsp3) is 0.310. The molecule has 0 spiro atoms. The Balaban J connectivity index is 1.81. The van der Waals surface area contributed by atoms with Crippen LogP contribution in [-0.4, -0.2) is 23.1 Å². The van der Waals surface area contributed by atoms with Crippen LogP contribution in [0.1, 0.15) is 48.5 Å². The molecule has 3 rings (SSSR count). The summed E-state index contributed by atoms with van der Waals surface area (Å²) in [5.41, 5.74) is 5.86. The molecule has 0 saturated carbocycles. The van der Waals surface area contributed by atoms with Crippen molar-refractivity contribution in [3.05, 3.63) is 111 Å². The lowest BCUT2D eigenvalue weighted by atomic mass is 10.1. The zero-order valence-corrected chi connectivity index (χ0v) is 22.8. The second-order valence-corrected chi connectivity index (χ2v) is 9.56. The van der Waals surface area contributed by atoms with Gasteiger partial charge in [-0.1, -0.05) is 73.1 Å². The van der Waals surface area contributed by atoms with Crippen molar-refractivity contribution in [1.82, 2.24) is 20.6 Å². The number of hydrogen-bond donors (Lipinski definition) is 3. The SMILES string of the molecule is C=C(/C=C(/C)NCCC)Nc1nc(Cc2c(Cl)cccc2Cl)nc(C)c1CCNCc1ccccc1. The Hall–Kier alpha value is -2.86. The molecule has 0 aliphatic heterocycles. The molecule has 0 saturated heterocycles. The average Bonchev–Trinajstić information content (AvgIpc) is 2.84. The third kappa shape index (κ3) is 8.37. The van der Waals surface area contributed by atoms with Gasteiger partial charge in [0.25, 0.3) is 0 Å². The van der Waals surface area contributed by atoms with Crippen molar-refractivity contribution >= 4 is 29.0 Å². The van der Waals surface area contributed by atoms with E-state index in [-0.39, 0.29) is 0 Å². The molecular weight excluding hydrogens is 489 g/mol. The smallest absolute Gasteiger partial charge is 0.137 e. The molecule has 5 nitrogen and oxygen atoms in total. The summed E-state index contributed by atoms with van der Waals surface area (Å²) in [7, 11) is 0. The largest absolute Gasteiger partial charge is 0.389 e. The van der Waals surface area contributed by atoms with Crippen LogP contribution in [0.2, 0.25) is 10.0 Å². The molecule has 1 aromatic heterocycles. The van der Waals surface area contributed by atoms with Gasteiger partial charge in [-0.25, -0.2) is 9.97 Å². The molecular formula is C29H35Cl2N5. The predicted octanol–water partition coefficient (Wildman–Crippen LogP) is 6.84. The van der Waals surface area contributed by atoms with Crippen LogP contribution in [0.15, 0.2) is 72.6 Å². The molecule has 190 valence electrons. The first kappa shape index (κ1) is 27.7. The van der Waals surface area contributed by atoms with Crippen molar-refractivity contribution in [3.8, 4) is 0 Å². The second kappa shape index (κ2) is 14.0. The zero-order valence-electron chi connectivity index (χ0n) is 21.3. The van der Waals surface area contributed by atoms with Gasteiger partial charge in [-0.05, 0) is 62.6 Å². The Bertz CT molecular complexity index is 1170. The molecule has 0 radical (unpaired) electrons. The highest BCUT2D eigenvalue weighted by atomic mass is 35.5. The summed E-state index contributed by atoms with van der Waals surface area (Å²) in [5.74, 6) is 1.41. The van der Waals surface area contributed by atoms with Crippen molar-refractivity contribution in [2.24, 2.45) is 0 Å². The highest BCUT2D eigenvalue weighted by Crippen LogP contribution is 2.27. The molecule has 0 aliphatic rings. The third-order valence-corrected chi connectivity index (χ3v) is 6.41. The van der Waals surface area contributed by atoms with Gasteiger partial charge in [-0.3, -0.25) is 0 Å². The minimum Gasteiger partial charge on any atom is -0.389 e. The van der Waals surface area contributed by atoms with Gasteiger partial charge < -0.3 is 16.0 Å². The van der Waals surface area contributed by atoms with Gasteiger partial charge in [-0.2, -0.15) is 0 Å². The van der Waals surface area contributed by atoms with Gasteiger partial charge in [0, 0.05) is 52.2 Å². The van der Waals surface area contributed by atoms with Crippen LogP contribution in [-0.2, 0) is 19.4 Å². The van der Waals surface area contributed by atoms with Crippen LogP contribution in [0.3, 0.4) is 0 Å². The van der Waals surface area contributed by atoms with Gasteiger partial charge in [0.2, 0.25) is 0 Å². The number of aryl methyl sites for hydroxylation is 1. The maximum absolute atomic E-state index is 6.42. The Labute approximate surface area is 225 Å². The van der Waals surface area contributed by atoms with Crippen LogP contribution in [0.5, 0.6) is 0 Å². The van der Waals surface area contributed by atoms with E-state index in [0.29, 0.717) is 22.3 Å². The fourth-order valence-electron chi connectivity index (χ4n) is 3.86. The van der Waals surface area contributed by atoms with Crippen LogP contribution in [0.4, 0.5) is 5.82 Å². The molecule has 0 amide bonds. The molecule has 36 heavy (non-hydrogen) atoms. The van der Waals surface area contributed by atoms with Crippen molar-refractivity contribution in [2.75, 3.05) is 18.4 Å². The van der Waals surface area contributed by atoms with Gasteiger partial charge in [0.15, 0.2) is 0 Å². The van der Waals surface area contributed by atoms with E-state index in [0.717, 1.165) is 66.5 Å². The van der Waals surface area contributed by atoms with E-state index in [1.807, 2.05) is 44.2 Å². The monoisotopic (exact) mass is 523 g/mol. The highest BCUT2D eigenvalue weighted by Gasteiger charge is 2.15. The van der Waals surface area contributed by atoms with Gasteiger partial charge in [-0.15, -0.1) is 0 Å². The van der Waals surface area contributed by atoms with Crippen molar-refractivity contribution < 1.29 is 0 Å². The van der Waals surface area contributed by atoms with E-state index in [1.54, 1.807) is 0 Å². The first-order chi connectivity index (χ1) is 17.4. The first-order valence-electron chi connectivity index (χ1n) is 12.3. The molecule has 3 aromatic rings. The van der Waals surface area contributed by atoms with Crippen LogP contribution < -0.4 is 16.0 Å². The second-order valence-electron chi connectivity index (χ2n) is 8.75. The molecule has 2 aromatic carbocycles. The number of rotatable bonds is 13. The number of nitrogens with zero attached hydrogens (tertiary/aromatic N) is 2. The lowest BCUT2D eigenvalue weighted by molar-refractivity contribution is 0.682. The van der Waals surface area contributed by atoms with Gasteiger partial charge in [0.1, 0.15) is 11.6 Å². The van der Waals surface area contributed by atoms with Gasteiger partial charge >= 0.3 is 0 Å². The standard InChI is InChI=1S/C29H35Cl2N5/c1-5-15-33-20(2)17-21(3)34-29-24(14-16-32-19-23-10-7-6-8-11-23)22(4)35-28(36-29)18-25-26(30)12-9-13-27(25)31/h6-13,17,32-33H,3,5,14-16,18-19H2,1-2,4H3,(H,34,35,36)/b20-17-. The van der Waals surface area contributed by atoms with Gasteiger partial charge in [0.05, 0.1) is 0 Å². The minimum atomic E-state index is 0.444. The molecule has 0 atom stereocenters. The van der Waals surface area contributed by atoms with Crippen molar-refractivity contribution in [2.45, 2.75) is 46.6 Å². The number of halogens is 2. The van der Waals surface area contributed by atoms with Crippen molar-refractivity contribution in [3.63, 3.8) is 0 Å². The lowest BCUT2D eigenvalue weighted by Crippen LogP contribution is -2.19. The molecule has 0 fully saturated rings. The molecule has 3 N–H and O–H groups in total. The molecule has 0 unspecified atom stereocenters. The van der Waals surface area contributed by atoms with Crippen LogP contribution >= 0.6 is 23.2 Å². The number of hydrogen-bond acceptors (Lipinski definition) is 5. The Morgan fingerprint density at radius 2 is 1.69 bits per heavy atom. The minimum absolute atomic E-state index is 0.444. The number of aromatic nitrogens is 2. The van der Waals surface area contributed by atoms with E-state index in [2.05, 4.69) is 53.7 Å². The molecule has 0 bridgehead atoms. The summed E-state index contributed by atoms with van der Waals surface area (Å²) < 4.78 is 0. The summed E-state index contributed by atoms with van der Waals surface area (Å²) in [5, 5.41) is 11.5. The third-order valence-electron chi connectivity index (χ3n) is 5.70. The summed E-state index contributed by atoms with van der Waals surface area (Å²) in [4.78, 5) is 9.68. The Morgan fingerprint density at radius 3 is 2.39 bits per heavy atom. The lowest BCUT2D eigenvalue weighted by Gasteiger charge is -2.17. The number of allylic oxidation sites excluding steroid dienone is 2. The number of anilines is 1.